The minimum absolute atomic E-state index is 0.0373. The van der Waals surface area contributed by atoms with Gasteiger partial charge in [0.1, 0.15) is 24.0 Å². The Morgan fingerprint density at radius 1 is 1.06 bits per heavy atom. The summed E-state index contributed by atoms with van der Waals surface area (Å²) in [5, 5.41) is 13.0. The van der Waals surface area contributed by atoms with Gasteiger partial charge in [-0.2, -0.15) is 5.26 Å². The molecule has 0 spiro atoms. The first-order chi connectivity index (χ1) is 16.9. The molecule has 1 N–H and O–H groups in total. The molecule has 0 fully saturated rings. The third kappa shape index (κ3) is 7.64. The van der Waals surface area contributed by atoms with Gasteiger partial charge in [0.2, 0.25) is 0 Å². The quantitative estimate of drug-likeness (QED) is 0.156. The number of nitriles is 1. The molecule has 0 saturated heterocycles. The van der Waals surface area contributed by atoms with Gasteiger partial charge in [-0.15, -0.1) is 0 Å². The minimum atomic E-state index is -0.508. The van der Waals surface area contributed by atoms with Crippen molar-refractivity contribution in [3.63, 3.8) is 0 Å². The van der Waals surface area contributed by atoms with Gasteiger partial charge in [-0.25, -0.2) is 0 Å². The Balaban J connectivity index is 1.80. The zero-order chi connectivity index (χ0) is 25.2. The van der Waals surface area contributed by atoms with E-state index in [0.29, 0.717) is 53.3 Å². The maximum absolute atomic E-state index is 12.7. The highest BCUT2D eigenvalue weighted by atomic mass is 127. The number of nitrogens with zero attached hydrogens (tertiary/aromatic N) is 1. The molecule has 0 aliphatic heterocycles. The van der Waals surface area contributed by atoms with Crippen LogP contribution in [0, 0.1) is 14.9 Å². The Kier molecular flexibility index (Phi) is 9.82. The van der Waals surface area contributed by atoms with Crippen LogP contribution in [0.25, 0.3) is 6.08 Å². The fourth-order valence-electron chi connectivity index (χ4n) is 3.17. The second-order valence-electron chi connectivity index (χ2n) is 7.26. The van der Waals surface area contributed by atoms with Gasteiger partial charge >= 0.3 is 0 Å². The van der Waals surface area contributed by atoms with Crippen LogP contribution >= 0.6 is 34.2 Å². The molecule has 0 unspecified atom stereocenters. The molecule has 0 saturated carbocycles. The number of hydrogen-bond acceptors (Lipinski definition) is 5. The SMILES string of the molecule is CCOc1ccc(NC(=O)/C(C#N)=C/c2cc(I)c(OCc3cccc(Cl)c3)c(OCC)c2)cc1. The third-order valence-corrected chi connectivity index (χ3v) is 5.74. The first-order valence-corrected chi connectivity index (χ1v) is 12.4. The first kappa shape index (κ1) is 26.4. The Hall–Kier alpha value is -3.22. The van der Waals surface area contributed by atoms with Gasteiger partial charge in [0, 0.05) is 10.7 Å². The molecule has 1 amide bonds. The molecule has 0 aliphatic carbocycles. The van der Waals surface area contributed by atoms with Gasteiger partial charge in [0.25, 0.3) is 5.91 Å². The van der Waals surface area contributed by atoms with E-state index in [2.05, 4.69) is 27.9 Å². The molecule has 180 valence electrons. The number of amides is 1. The van der Waals surface area contributed by atoms with Crippen LogP contribution < -0.4 is 19.5 Å². The molecule has 0 atom stereocenters. The van der Waals surface area contributed by atoms with Crippen molar-refractivity contribution in [2.24, 2.45) is 0 Å². The summed E-state index contributed by atoms with van der Waals surface area (Å²) in [6, 6.07) is 20.0. The summed E-state index contributed by atoms with van der Waals surface area (Å²) >= 11 is 8.21. The molecule has 0 bridgehead atoms. The molecule has 3 aromatic carbocycles. The van der Waals surface area contributed by atoms with Gasteiger partial charge < -0.3 is 19.5 Å². The Bertz CT molecular complexity index is 1250. The van der Waals surface area contributed by atoms with Crippen molar-refractivity contribution >= 4 is 51.9 Å². The minimum Gasteiger partial charge on any atom is -0.494 e. The number of nitrogens with one attached hydrogen (secondary N) is 1. The van der Waals surface area contributed by atoms with Crippen LogP contribution in [0.1, 0.15) is 25.0 Å². The van der Waals surface area contributed by atoms with Gasteiger partial charge in [-0.1, -0.05) is 23.7 Å². The van der Waals surface area contributed by atoms with E-state index in [1.165, 1.54) is 6.08 Å². The number of anilines is 1. The van der Waals surface area contributed by atoms with E-state index in [9.17, 15) is 10.1 Å². The monoisotopic (exact) mass is 602 g/mol. The Labute approximate surface area is 223 Å². The van der Waals surface area contributed by atoms with Crippen molar-refractivity contribution in [1.82, 2.24) is 0 Å². The molecule has 0 aliphatic rings. The molecule has 0 aromatic heterocycles. The van der Waals surface area contributed by atoms with Crippen molar-refractivity contribution < 1.29 is 19.0 Å². The van der Waals surface area contributed by atoms with E-state index in [4.69, 9.17) is 25.8 Å². The largest absolute Gasteiger partial charge is 0.494 e. The van der Waals surface area contributed by atoms with Crippen molar-refractivity contribution in [3.8, 4) is 23.3 Å². The van der Waals surface area contributed by atoms with Crippen LogP contribution in [0.4, 0.5) is 5.69 Å². The maximum atomic E-state index is 12.7. The Morgan fingerprint density at radius 2 is 1.80 bits per heavy atom. The van der Waals surface area contributed by atoms with Crippen LogP contribution in [-0.2, 0) is 11.4 Å². The normalized spacial score (nSPS) is 10.9. The van der Waals surface area contributed by atoms with Crippen molar-refractivity contribution in [2.75, 3.05) is 18.5 Å². The topological polar surface area (TPSA) is 80.6 Å². The van der Waals surface area contributed by atoms with Crippen LogP contribution in [0.2, 0.25) is 5.02 Å². The lowest BCUT2D eigenvalue weighted by atomic mass is 10.1. The summed E-state index contributed by atoms with van der Waals surface area (Å²) in [7, 11) is 0. The number of rotatable bonds is 10. The van der Waals surface area contributed by atoms with Gasteiger partial charge in [-0.3, -0.25) is 4.79 Å². The van der Waals surface area contributed by atoms with E-state index in [-0.39, 0.29) is 5.57 Å². The van der Waals surface area contributed by atoms with Gasteiger partial charge in [-0.05, 0) is 102 Å². The highest BCUT2D eigenvalue weighted by molar-refractivity contribution is 14.1. The molecular weight excluding hydrogens is 579 g/mol. The smallest absolute Gasteiger partial charge is 0.266 e. The second-order valence-corrected chi connectivity index (χ2v) is 8.86. The number of benzene rings is 3. The van der Waals surface area contributed by atoms with Crippen LogP contribution in [-0.4, -0.2) is 19.1 Å². The lowest BCUT2D eigenvalue weighted by Crippen LogP contribution is -2.13. The van der Waals surface area contributed by atoms with Gasteiger partial charge in [0.15, 0.2) is 11.5 Å². The molecular formula is C27H24ClIN2O4. The number of ether oxygens (including phenoxy) is 3. The zero-order valence-electron chi connectivity index (χ0n) is 19.3. The van der Waals surface area contributed by atoms with Crippen LogP contribution in [0.5, 0.6) is 17.2 Å². The lowest BCUT2D eigenvalue weighted by Gasteiger charge is -2.15. The predicted molar refractivity (Wildman–Crippen MR) is 146 cm³/mol. The molecule has 6 nitrogen and oxygen atoms in total. The fourth-order valence-corrected chi connectivity index (χ4v) is 4.17. The predicted octanol–water partition coefficient (Wildman–Crippen LogP) is 6.87. The molecule has 0 heterocycles. The summed E-state index contributed by atoms with van der Waals surface area (Å²) in [5.74, 6) is 1.31. The highest BCUT2D eigenvalue weighted by Gasteiger charge is 2.15. The van der Waals surface area contributed by atoms with E-state index in [1.807, 2.05) is 44.2 Å². The van der Waals surface area contributed by atoms with Crippen LogP contribution in [0.15, 0.2) is 66.2 Å². The Morgan fingerprint density at radius 3 is 2.46 bits per heavy atom. The van der Waals surface area contributed by atoms with Crippen molar-refractivity contribution in [2.45, 2.75) is 20.5 Å². The summed E-state index contributed by atoms with van der Waals surface area (Å²) in [6.07, 6.45) is 1.52. The molecule has 3 rings (SSSR count). The summed E-state index contributed by atoms with van der Waals surface area (Å²) in [6.45, 7) is 5.08. The third-order valence-electron chi connectivity index (χ3n) is 4.70. The van der Waals surface area contributed by atoms with E-state index in [0.717, 1.165) is 9.13 Å². The number of carbonyl (C=O) groups is 1. The summed E-state index contributed by atoms with van der Waals surface area (Å²) in [5.41, 5.74) is 2.10. The lowest BCUT2D eigenvalue weighted by molar-refractivity contribution is -0.112. The molecule has 35 heavy (non-hydrogen) atoms. The average molecular weight is 603 g/mol. The number of halogens is 2. The summed E-state index contributed by atoms with van der Waals surface area (Å²) in [4.78, 5) is 12.7. The number of hydrogen-bond donors (Lipinski definition) is 1. The van der Waals surface area contributed by atoms with Crippen molar-refractivity contribution in [1.29, 1.82) is 5.26 Å². The average Bonchev–Trinajstić information content (AvgIpc) is 2.83. The number of carbonyl (C=O) groups excluding carboxylic acids is 1. The fraction of sp³-hybridized carbons (Fsp3) is 0.185. The zero-order valence-corrected chi connectivity index (χ0v) is 22.2. The van der Waals surface area contributed by atoms with E-state index < -0.39 is 5.91 Å². The van der Waals surface area contributed by atoms with Crippen molar-refractivity contribution in [3.05, 3.63) is 86.0 Å². The van der Waals surface area contributed by atoms with Crippen LogP contribution in [0.3, 0.4) is 0 Å². The second kappa shape index (κ2) is 13.0. The first-order valence-electron chi connectivity index (χ1n) is 10.9. The molecule has 3 aromatic rings. The highest BCUT2D eigenvalue weighted by Crippen LogP contribution is 2.35. The van der Waals surface area contributed by atoms with Gasteiger partial charge in [0.05, 0.1) is 16.8 Å². The standard InChI is InChI=1S/C27H24ClIN2O4/c1-3-33-23-10-8-22(9-11-23)31-27(32)20(16-30)12-19-14-24(29)26(25(15-19)34-4-2)35-17-18-6-5-7-21(28)13-18/h5-15H,3-4,17H2,1-2H3,(H,31,32)/b20-12+. The summed E-state index contributed by atoms with van der Waals surface area (Å²) < 4.78 is 18.0. The molecule has 8 heteroatoms. The molecule has 0 radical (unpaired) electrons. The maximum Gasteiger partial charge on any atom is 0.266 e. The van der Waals surface area contributed by atoms with E-state index >= 15 is 0 Å². The van der Waals surface area contributed by atoms with E-state index in [1.54, 1.807) is 36.4 Å².